The number of carbonyl (C=O) groups excluding carboxylic acids is 2. The van der Waals surface area contributed by atoms with Gasteiger partial charge in [0, 0.05) is 27.7 Å². The number of carbonyl (C=O) groups is 2. The van der Waals surface area contributed by atoms with Gasteiger partial charge in [-0.25, -0.2) is 9.18 Å². The molecule has 0 heterocycles. The number of halogens is 3. The Kier molecular flexibility index (Phi) is 7.16. The summed E-state index contributed by atoms with van der Waals surface area (Å²) in [7, 11) is 0. The number of nitrogens with one attached hydrogen (secondary N) is 1. The van der Waals surface area contributed by atoms with Crippen LogP contribution < -0.4 is 5.32 Å². The van der Waals surface area contributed by atoms with Crippen LogP contribution in [0, 0.1) is 5.82 Å². The van der Waals surface area contributed by atoms with E-state index in [0.717, 1.165) is 11.6 Å². The van der Waals surface area contributed by atoms with E-state index in [0.29, 0.717) is 9.50 Å². The summed E-state index contributed by atoms with van der Waals surface area (Å²) >= 11 is 9.19. The summed E-state index contributed by atoms with van der Waals surface area (Å²) in [5, 5.41) is 3.14. The molecule has 0 spiro atoms. The van der Waals surface area contributed by atoms with Gasteiger partial charge in [-0.2, -0.15) is 0 Å². The third-order valence-corrected chi connectivity index (χ3v) is 4.00. The molecule has 25 heavy (non-hydrogen) atoms. The minimum atomic E-state index is -0.743. The molecule has 0 aliphatic carbocycles. The largest absolute Gasteiger partial charge is 0.452 e. The van der Waals surface area contributed by atoms with Crippen molar-refractivity contribution in [1.82, 2.24) is 5.32 Å². The van der Waals surface area contributed by atoms with Crippen LogP contribution >= 0.6 is 27.5 Å². The molecule has 0 radical (unpaired) electrons. The standard InChI is InChI=1S/C18H14BrClFNO3/c19-14-6-7-16(21)12(9-14)5-8-18(24)25-11-17(23)22-10-13-3-1-2-4-15(13)20/h1-9H,10-11H2,(H,22,23)/b8-5+. The molecule has 4 nitrogen and oxygen atoms in total. The van der Waals surface area contributed by atoms with E-state index in [4.69, 9.17) is 16.3 Å². The highest BCUT2D eigenvalue weighted by molar-refractivity contribution is 9.10. The lowest BCUT2D eigenvalue weighted by Crippen LogP contribution is -2.28. The van der Waals surface area contributed by atoms with E-state index in [1.165, 1.54) is 18.2 Å². The third-order valence-electron chi connectivity index (χ3n) is 3.14. The fourth-order valence-electron chi connectivity index (χ4n) is 1.87. The van der Waals surface area contributed by atoms with Crippen LogP contribution in [-0.4, -0.2) is 18.5 Å². The van der Waals surface area contributed by atoms with Crippen LogP contribution in [0.3, 0.4) is 0 Å². The summed E-state index contributed by atoms with van der Waals surface area (Å²) in [6.07, 6.45) is 2.34. The molecular formula is C18H14BrClFNO3. The smallest absolute Gasteiger partial charge is 0.331 e. The van der Waals surface area contributed by atoms with Crippen LogP contribution in [0.5, 0.6) is 0 Å². The predicted octanol–water partition coefficient (Wildman–Crippen LogP) is 4.11. The van der Waals surface area contributed by atoms with Crippen molar-refractivity contribution in [2.24, 2.45) is 0 Å². The van der Waals surface area contributed by atoms with Gasteiger partial charge in [0.25, 0.3) is 5.91 Å². The van der Waals surface area contributed by atoms with Gasteiger partial charge in [-0.3, -0.25) is 4.79 Å². The molecule has 0 saturated carbocycles. The minimum absolute atomic E-state index is 0.231. The maximum atomic E-state index is 13.5. The zero-order chi connectivity index (χ0) is 18.2. The number of rotatable bonds is 6. The van der Waals surface area contributed by atoms with Crippen LogP contribution in [0.25, 0.3) is 6.08 Å². The Balaban J connectivity index is 1.79. The molecule has 1 amide bonds. The van der Waals surface area contributed by atoms with Crippen molar-refractivity contribution in [1.29, 1.82) is 0 Å². The summed E-state index contributed by atoms with van der Waals surface area (Å²) in [5.74, 6) is -1.67. The quantitative estimate of drug-likeness (QED) is 0.558. The van der Waals surface area contributed by atoms with Crippen LogP contribution in [0.2, 0.25) is 5.02 Å². The van der Waals surface area contributed by atoms with Crippen LogP contribution in [0.15, 0.2) is 53.0 Å². The molecule has 2 rings (SSSR count). The maximum Gasteiger partial charge on any atom is 0.331 e. The summed E-state index contributed by atoms with van der Waals surface area (Å²) < 4.78 is 19.0. The lowest BCUT2D eigenvalue weighted by molar-refractivity contribution is -0.143. The van der Waals surface area contributed by atoms with Crippen LogP contribution in [0.4, 0.5) is 4.39 Å². The Labute approximate surface area is 157 Å². The van der Waals surface area contributed by atoms with E-state index in [1.807, 2.05) is 0 Å². The SMILES string of the molecule is O=C(COC(=O)/C=C/c1cc(Br)ccc1F)NCc1ccccc1Cl. The summed E-state index contributed by atoms with van der Waals surface area (Å²) in [6, 6.07) is 11.4. The molecule has 0 aromatic heterocycles. The zero-order valence-electron chi connectivity index (χ0n) is 13.0. The van der Waals surface area contributed by atoms with Gasteiger partial charge in [-0.15, -0.1) is 0 Å². The Bertz CT molecular complexity index is 811. The summed E-state index contributed by atoms with van der Waals surface area (Å²) in [6.45, 7) is -0.205. The highest BCUT2D eigenvalue weighted by Gasteiger charge is 2.07. The van der Waals surface area contributed by atoms with Crippen molar-refractivity contribution >= 4 is 45.5 Å². The van der Waals surface area contributed by atoms with Crippen molar-refractivity contribution in [3.05, 3.63) is 75.0 Å². The highest BCUT2D eigenvalue weighted by atomic mass is 79.9. The number of hydrogen-bond donors (Lipinski definition) is 1. The van der Waals surface area contributed by atoms with E-state index >= 15 is 0 Å². The Morgan fingerprint density at radius 2 is 2.00 bits per heavy atom. The van der Waals surface area contributed by atoms with E-state index in [-0.39, 0.29) is 12.1 Å². The topological polar surface area (TPSA) is 55.4 Å². The van der Waals surface area contributed by atoms with Crippen molar-refractivity contribution in [2.45, 2.75) is 6.54 Å². The molecule has 2 aromatic carbocycles. The highest BCUT2D eigenvalue weighted by Crippen LogP contribution is 2.17. The lowest BCUT2D eigenvalue weighted by atomic mass is 10.2. The van der Waals surface area contributed by atoms with E-state index in [1.54, 1.807) is 30.3 Å². The predicted molar refractivity (Wildman–Crippen MR) is 97.4 cm³/mol. The molecule has 0 unspecified atom stereocenters. The van der Waals surface area contributed by atoms with Crippen molar-refractivity contribution in [3.8, 4) is 0 Å². The van der Waals surface area contributed by atoms with Crippen LogP contribution in [0.1, 0.15) is 11.1 Å². The normalized spacial score (nSPS) is 10.7. The molecule has 0 saturated heterocycles. The number of hydrogen-bond acceptors (Lipinski definition) is 3. The lowest BCUT2D eigenvalue weighted by Gasteiger charge is -2.07. The third kappa shape index (κ3) is 6.32. The first-order valence-corrected chi connectivity index (χ1v) is 8.43. The Morgan fingerprint density at radius 3 is 2.76 bits per heavy atom. The van der Waals surface area contributed by atoms with Crippen molar-refractivity contribution in [3.63, 3.8) is 0 Å². The molecule has 0 aliphatic heterocycles. The Morgan fingerprint density at radius 1 is 1.24 bits per heavy atom. The zero-order valence-corrected chi connectivity index (χ0v) is 15.3. The number of benzene rings is 2. The number of ether oxygens (including phenoxy) is 1. The average Bonchev–Trinajstić information content (AvgIpc) is 2.60. The van der Waals surface area contributed by atoms with Gasteiger partial charge >= 0.3 is 5.97 Å². The maximum absolute atomic E-state index is 13.5. The number of amides is 1. The first-order chi connectivity index (χ1) is 12.0. The fourth-order valence-corrected chi connectivity index (χ4v) is 2.45. The van der Waals surface area contributed by atoms with Gasteiger partial charge in [0.15, 0.2) is 6.61 Å². The molecule has 7 heteroatoms. The molecule has 0 atom stereocenters. The minimum Gasteiger partial charge on any atom is -0.452 e. The molecule has 0 bridgehead atoms. The molecular weight excluding hydrogens is 413 g/mol. The Hall–Kier alpha value is -2.18. The second kappa shape index (κ2) is 9.34. The average molecular weight is 427 g/mol. The first kappa shape index (κ1) is 19.1. The van der Waals surface area contributed by atoms with Gasteiger partial charge in [-0.1, -0.05) is 45.7 Å². The molecule has 130 valence electrons. The van der Waals surface area contributed by atoms with Crippen molar-refractivity contribution in [2.75, 3.05) is 6.61 Å². The van der Waals surface area contributed by atoms with Gasteiger partial charge < -0.3 is 10.1 Å². The first-order valence-electron chi connectivity index (χ1n) is 7.25. The van der Waals surface area contributed by atoms with Gasteiger partial charge in [-0.05, 0) is 35.9 Å². The van der Waals surface area contributed by atoms with Gasteiger partial charge in [0.05, 0.1) is 0 Å². The van der Waals surface area contributed by atoms with E-state index in [9.17, 15) is 14.0 Å². The second-order valence-electron chi connectivity index (χ2n) is 4.98. The van der Waals surface area contributed by atoms with E-state index in [2.05, 4.69) is 21.2 Å². The van der Waals surface area contributed by atoms with Crippen LogP contribution in [-0.2, 0) is 20.9 Å². The summed E-state index contributed by atoms with van der Waals surface area (Å²) in [4.78, 5) is 23.3. The molecule has 0 aliphatic rings. The number of esters is 1. The van der Waals surface area contributed by atoms with Gasteiger partial charge in [0.1, 0.15) is 5.82 Å². The molecule has 1 N–H and O–H groups in total. The van der Waals surface area contributed by atoms with Crippen molar-refractivity contribution < 1.29 is 18.7 Å². The molecule has 0 fully saturated rings. The van der Waals surface area contributed by atoms with E-state index < -0.39 is 24.3 Å². The fraction of sp³-hybridized carbons (Fsp3) is 0.111. The summed E-state index contributed by atoms with van der Waals surface area (Å²) in [5.41, 5.74) is 0.989. The monoisotopic (exact) mass is 425 g/mol. The second-order valence-corrected chi connectivity index (χ2v) is 6.30. The molecule has 2 aromatic rings. The van der Waals surface area contributed by atoms with Gasteiger partial charge in [0.2, 0.25) is 0 Å².